The number of esters is 1. The van der Waals surface area contributed by atoms with Crippen LogP contribution in [0.3, 0.4) is 0 Å². The van der Waals surface area contributed by atoms with Gasteiger partial charge in [0.05, 0.1) is 12.7 Å². The zero-order valence-corrected chi connectivity index (χ0v) is 13.6. The lowest BCUT2D eigenvalue weighted by Crippen LogP contribution is -2.06. The third-order valence-corrected chi connectivity index (χ3v) is 3.84. The third-order valence-electron chi connectivity index (χ3n) is 3.18. The molecular weight excluding hydrogens is 365 g/mol. The summed E-state index contributed by atoms with van der Waals surface area (Å²) in [6.07, 6.45) is 1.48. The van der Waals surface area contributed by atoms with E-state index >= 15 is 0 Å². The van der Waals surface area contributed by atoms with Crippen LogP contribution in [-0.2, 0) is 9.53 Å². The number of benzene rings is 2. The second kappa shape index (κ2) is 6.34. The summed E-state index contributed by atoms with van der Waals surface area (Å²) in [6, 6.07) is 11.1. The van der Waals surface area contributed by atoms with Crippen LogP contribution in [0.4, 0.5) is 4.39 Å². The molecule has 1 heterocycles. The van der Waals surface area contributed by atoms with E-state index in [1.165, 1.54) is 18.2 Å². The monoisotopic (exact) mass is 375 g/mol. The molecule has 0 saturated carbocycles. The second-order valence-corrected chi connectivity index (χ2v) is 5.59. The number of methoxy groups -OCH3 is 1. The average Bonchev–Trinajstić information content (AvgIpc) is 2.88. The summed E-state index contributed by atoms with van der Waals surface area (Å²) in [5.74, 6) is -0.104. The maximum atomic E-state index is 13.2. The van der Waals surface area contributed by atoms with E-state index in [0.29, 0.717) is 21.3 Å². The molecule has 0 bridgehead atoms. The van der Waals surface area contributed by atoms with Gasteiger partial charge in [-0.25, -0.2) is 14.2 Å². The SMILES string of the molecule is COc1ccc(C2=N/C(=C\c3cccc(F)c3)C(=O)O2)c(Br)c1. The van der Waals surface area contributed by atoms with Gasteiger partial charge in [0, 0.05) is 4.47 Å². The summed E-state index contributed by atoms with van der Waals surface area (Å²) in [6.45, 7) is 0. The quantitative estimate of drug-likeness (QED) is 0.602. The summed E-state index contributed by atoms with van der Waals surface area (Å²) < 4.78 is 24.2. The van der Waals surface area contributed by atoms with Crippen LogP contribution >= 0.6 is 15.9 Å². The van der Waals surface area contributed by atoms with Gasteiger partial charge in [-0.3, -0.25) is 0 Å². The van der Waals surface area contributed by atoms with Crippen LogP contribution in [0, 0.1) is 5.82 Å². The lowest BCUT2D eigenvalue weighted by atomic mass is 10.2. The Morgan fingerprint density at radius 1 is 1.26 bits per heavy atom. The van der Waals surface area contributed by atoms with Crippen LogP contribution in [0.15, 0.2) is 57.6 Å². The number of cyclic esters (lactones) is 1. The van der Waals surface area contributed by atoms with Crippen molar-refractivity contribution >= 4 is 33.9 Å². The van der Waals surface area contributed by atoms with Crippen LogP contribution in [0.2, 0.25) is 0 Å². The Morgan fingerprint density at radius 3 is 2.78 bits per heavy atom. The first kappa shape index (κ1) is 15.4. The number of hydrogen-bond acceptors (Lipinski definition) is 4. The molecule has 0 spiro atoms. The van der Waals surface area contributed by atoms with Crippen molar-refractivity contribution in [1.82, 2.24) is 0 Å². The Morgan fingerprint density at radius 2 is 2.09 bits per heavy atom. The Bertz CT molecular complexity index is 845. The smallest absolute Gasteiger partial charge is 0.363 e. The summed E-state index contributed by atoms with van der Waals surface area (Å²) in [7, 11) is 1.56. The molecule has 0 unspecified atom stereocenters. The molecule has 4 nitrogen and oxygen atoms in total. The van der Waals surface area contributed by atoms with Crippen LogP contribution in [0.25, 0.3) is 6.08 Å². The molecule has 0 saturated heterocycles. The van der Waals surface area contributed by atoms with Crippen LogP contribution < -0.4 is 4.74 Å². The molecule has 1 aliphatic rings. The first-order chi connectivity index (χ1) is 11.1. The fraction of sp³-hybridized carbons (Fsp3) is 0.0588. The second-order valence-electron chi connectivity index (χ2n) is 4.74. The maximum absolute atomic E-state index is 13.2. The van der Waals surface area contributed by atoms with E-state index in [9.17, 15) is 9.18 Å². The molecule has 0 radical (unpaired) electrons. The summed E-state index contributed by atoms with van der Waals surface area (Å²) in [4.78, 5) is 16.1. The molecule has 0 N–H and O–H groups in total. The van der Waals surface area contributed by atoms with Crippen molar-refractivity contribution in [1.29, 1.82) is 0 Å². The molecule has 0 aliphatic carbocycles. The molecule has 23 heavy (non-hydrogen) atoms. The highest BCUT2D eigenvalue weighted by atomic mass is 79.9. The van der Waals surface area contributed by atoms with Gasteiger partial charge in [-0.15, -0.1) is 0 Å². The first-order valence-corrected chi connectivity index (χ1v) is 7.48. The zero-order valence-electron chi connectivity index (χ0n) is 12.0. The van der Waals surface area contributed by atoms with Crippen molar-refractivity contribution in [2.75, 3.05) is 7.11 Å². The van der Waals surface area contributed by atoms with Crippen molar-refractivity contribution in [2.24, 2.45) is 4.99 Å². The number of carbonyl (C=O) groups excluding carboxylic acids is 1. The van der Waals surface area contributed by atoms with Crippen molar-refractivity contribution in [3.05, 3.63) is 69.6 Å². The van der Waals surface area contributed by atoms with Crippen molar-refractivity contribution in [3.63, 3.8) is 0 Å². The highest BCUT2D eigenvalue weighted by Crippen LogP contribution is 2.27. The van der Waals surface area contributed by atoms with Gasteiger partial charge < -0.3 is 9.47 Å². The summed E-state index contributed by atoms with van der Waals surface area (Å²) >= 11 is 3.39. The molecule has 0 atom stereocenters. The lowest BCUT2D eigenvalue weighted by Gasteiger charge is -2.05. The zero-order chi connectivity index (χ0) is 16.4. The predicted octanol–water partition coefficient (Wildman–Crippen LogP) is 3.94. The van der Waals surface area contributed by atoms with E-state index in [4.69, 9.17) is 9.47 Å². The van der Waals surface area contributed by atoms with Gasteiger partial charge in [0.25, 0.3) is 0 Å². The van der Waals surface area contributed by atoms with E-state index in [-0.39, 0.29) is 17.4 Å². The molecular formula is C17H11BrFNO3. The van der Waals surface area contributed by atoms with E-state index < -0.39 is 5.97 Å². The third kappa shape index (κ3) is 3.32. The average molecular weight is 376 g/mol. The maximum Gasteiger partial charge on any atom is 0.363 e. The minimum absolute atomic E-state index is 0.119. The fourth-order valence-corrected chi connectivity index (χ4v) is 2.60. The van der Waals surface area contributed by atoms with Crippen molar-refractivity contribution in [3.8, 4) is 5.75 Å². The molecule has 3 rings (SSSR count). The molecule has 2 aromatic carbocycles. The van der Waals surface area contributed by atoms with E-state index in [1.54, 1.807) is 37.4 Å². The van der Waals surface area contributed by atoms with Gasteiger partial charge in [-0.05, 0) is 57.9 Å². The van der Waals surface area contributed by atoms with Crippen molar-refractivity contribution < 1.29 is 18.7 Å². The normalized spacial score (nSPS) is 15.5. The Kier molecular flexibility index (Phi) is 4.25. The Labute approximate surface area is 140 Å². The van der Waals surface area contributed by atoms with Gasteiger partial charge in [-0.2, -0.15) is 0 Å². The molecule has 0 amide bonds. The van der Waals surface area contributed by atoms with Gasteiger partial charge in [0.1, 0.15) is 11.6 Å². The van der Waals surface area contributed by atoms with Gasteiger partial charge in [0.15, 0.2) is 5.70 Å². The van der Waals surface area contributed by atoms with Crippen LogP contribution in [0.5, 0.6) is 5.75 Å². The van der Waals surface area contributed by atoms with Crippen LogP contribution in [-0.4, -0.2) is 19.0 Å². The van der Waals surface area contributed by atoms with Gasteiger partial charge >= 0.3 is 5.97 Å². The summed E-state index contributed by atoms with van der Waals surface area (Å²) in [5.41, 5.74) is 1.28. The molecule has 0 fully saturated rings. The van der Waals surface area contributed by atoms with Gasteiger partial charge in [0.2, 0.25) is 5.90 Å². The largest absolute Gasteiger partial charge is 0.497 e. The number of rotatable bonds is 3. The fourth-order valence-electron chi connectivity index (χ4n) is 2.07. The lowest BCUT2D eigenvalue weighted by molar-refractivity contribution is -0.129. The minimum atomic E-state index is -0.577. The number of halogens is 2. The highest BCUT2D eigenvalue weighted by Gasteiger charge is 2.25. The molecule has 1 aliphatic heterocycles. The van der Waals surface area contributed by atoms with E-state index in [2.05, 4.69) is 20.9 Å². The minimum Gasteiger partial charge on any atom is -0.497 e. The van der Waals surface area contributed by atoms with Gasteiger partial charge in [-0.1, -0.05) is 12.1 Å². The van der Waals surface area contributed by atoms with Crippen LogP contribution in [0.1, 0.15) is 11.1 Å². The summed E-state index contributed by atoms with van der Waals surface area (Å²) in [5, 5.41) is 0. The molecule has 2 aromatic rings. The molecule has 0 aromatic heterocycles. The topological polar surface area (TPSA) is 47.9 Å². The Hall–Kier alpha value is -2.47. The number of nitrogens with zero attached hydrogens (tertiary/aromatic N) is 1. The number of aliphatic imine (C=N–C) groups is 1. The number of carbonyl (C=O) groups is 1. The Balaban J connectivity index is 1.95. The number of ether oxygens (including phenoxy) is 2. The van der Waals surface area contributed by atoms with E-state index in [0.717, 1.165) is 0 Å². The van der Waals surface area contributed by atoms with E-state index in [1.807, 2.05) is 0 Å². The standard InChI is InChI=1S/C17H11BrFNO3/c1-22-12-5-6-13(14(18)9-12)16-20-15(17(21)23-16)8-10-3-2-4-11(19)7-10/h2-9H,1H3/b15-8-. The molecule has 6 heteroatoms. The predicted molar refractivity (Wildman–Crippen MR) is 87.7 cm³/mol. The number of hydrogen-bond donors (Lipinski definition) is 0. The molecule has 116 valence electrons. The van der Waals surface area contributed by atoms with Crippen molar-refractivity contribution in [2.45, 2.75) is 0 Å². The highest BCUT2D eigenvalue weighted by molar-refractivity contribution is 9.10. The first-order valence-electron chi connectivity index (χ1n) is 6.69.